The first kappa shape index (κ1) is 14.3. The van der Waals surface area contributed by atoms with Crippen LogP contribution in [0.5, 0.6) is 0 Å². The molecular formula is C14H14ClN3O2. The number of hydrogen-bond acceptors (Lipinski definition) is 4. The molecule has 0 bridgehead atoms. The summed E-state index contributed by atoms with van der Waals surface area (Å²) in [6.45, 7) is 2.06. The lowest BCUT2D eigenvalue weighted by Crippen LogP contribution is -2.29. The van der Waals surface area contributed by atoms with Crippen molar-refractivity contribution in [1.82, 2.24) is 9.97 Å². The van der Waals surface area contributed by atoms with Crippen LogP contribution in [0.15, 0.2) is 36.5 Å². The van der Waals surface area contributed by atoms with E-state index in [9.17, 15) is 4.79 Å². The van der Waals surface area contributed by atoms with E-state index in [2.05, 4.69) is 9.97 Å². The summed E-state index contributed by atoms with van der Waals surface area (Å²) in [6, 6.07) is 8.87. The van der Waals surface area contributed by atoms with Crippen LogP contribution in [0, 0.1) is 6.92 Å². The minimum Gasteiger partial charge on any atom is -0.480 e. The minimum absolute atomic E-state index is 0.122. The fourth-order valence-electron chi connectivity index (χ4n) is 1.86. The average Bonchev–Trinajstić information content (AvgIpc) is 2.37. The summed E-state index contributed by atoms with van der Waals surface area (Å²) >= 11 is 5.95. The summed E-state index contributed by atoms with van der Waals surface area (Å²) in [6.07, 6.45) is 1.66. The largest absolute Gasteiger partial charge is 0.480 e. The molecule has 5 nitrogen and oxygen atoms in total. The molecule has 1 aromatic carbocycles. The van der Waals surface area contributed by atoms with Crippen molar-refractivity contribution in [3.8, 4) is 0 Å². The third kappa shape index (κ3) is 3.93. The van der Waals surface area contributed by atoms with Crippen LogP contribution in [0.25, 0.3) is 0 Å². The number of carboxylic acid groups (broad SMARTS) is 1. The van der Waals surface area contributed by atoms with E-state index in [1.54, 1.807) is 42.3 Å². The van der Waals surface area contributed by atoms with Crippen LogP contribution in [0.1, 0.15) is 11.5 Å². The van der Waals surface area contributed by atoms with Crippen LogP contribution in [0.3, 0.4) is 0 Å². The molecule has 0 aliphatic rings. The lowest BCUT2D eigenvalue weighted by atomic mass is 10.2. The standard InChI is InChI=1S/C14H14ClN3O2/c1-10-16-6-5-12(17-10)8-18(9-14(19)20)13-4-2-3-11(15)7-13/h2-7H,8-9H2,1H3,(H,19,20). The molecule has 0 saturated carbocycles. The van der Waals surface area contributed by atoms with Crippen LogP contribution in [0.4, 0.5) is 5.69 Å². The van der Waals surface area contributed by atoms with E-state index in [-0.39, 0.29) is 6.54 Å². The summed E-state index contributed by atoms with van der Waals surface area (Å²) in [5.74, 6) is -0.250. The number of nitrogens with zero attached hydrogens (tertiary/aromatic N) is 3. The van der Waals surface area contributed by atoms with Gasteiger partial charge >= 0.3 is 5.97 Å². The second-order valence-electron chi connectivity index (χ2n) is 4.32. The summed E-state index contributed by atoms with van der Waals surface area (Å²) < 4.78 is 0. The Hall–Kier alpha value is -2.14. The van der Waals surface area contributed by atoms with Gasteiger partial charge in [-0.15, -0.1) is 0 Å². The highest BCUT2D eigenvalue weighted by Gasteiger charge is 2.12. The molecule has 0 unspecified atom stereocenters. The van der Waals surface area contributed by atoms with Crippen LogP contribution in [-0.4, -0.2) is 27.6 Å². The highest BCUT2D eigenvalue weighted by molar-refractivity contribution is 6.30. The normalized spacial score (nSPS) is 10.3. The smallest absolute Gasteiger partial charge is 0.323 e. The molecule has 0 fully saturated rings. The number of aryl methyl sites for hydroxylation is 1. The van der Waals surface area contributed by atoms with Gasteiger partial charge in [0.2, 0.25) is 0 Å². The quantitative estimate of drug-likeness (QED) is 0.917. The van der Waals surface area contributed by atoms with Crippen molar-refractivity contribution < 1.29 is 9.90 Å². The van der Waals surface area contributed by atoms with E-state index < -0.39 is 5.97 Å². The van der Waals surface area contributed by atoms with Gasteiger partial charge in [0, 0.05) is 16.9 Å². The fourth-order valence-corrected chi connectivity index (χ4v) is 2.05. The predicted molar refractivity (Wildman–Crippen MR) is 76.9 cm³/mol. The molecule has 0 amide bonds. The first-order valence-corrected chi connectivity index (χ1v) is 6.43. The number of benzene rings is 1. The zero-order valence-electron chi connectivity index (χ0n) is 11.0. The van der Waals surface area contributed by atoms with Crippen LogP contribution in [-0.2, 0) is 11.3 Å². The SMILES string of the molecule is Cc1nccc(CN(CC(=O)O)c2cccc(Cl)c2)n1. The predicted octanol–water partition coefficient (Wildman–Crippen LogP) is 2.53. The van der Waals surface area contributed by atoms with Gasteiger partial charge in [-0.05, 0) is 31.2 Å². The van der Waals surface area contributed by atoms with Gasteiger partial charge in [0.1, 0.15) is 12.4 Å². The summed E-state index contributed by atoms with van der Waals surface area (Å²) in [4.78, 5) is 21.0. The van der Waals surface area contributed by atoms with Crippen molar-refractivity contribution in [2.24, 2.45) is 0 Å². The average molecular weight is 292 g/mol. The molecule has 104 valence electrons. The molecule has 0 radical (unpaired) electrons. The number of hydrogen-bond donors (Lipinski definition) is 1. The van der Waals surface area contributed by atoms with Gasteiger partial charge in [-0.1, -0.05) is 17.7 Å². The van der Waals surface area contributed by atoms with E-state index in [0.29, 0.717) is 17.4 Å². The van der Waals surface area contributed by atoms with E-state index in [1.165, 1.54) is 0 Å². The molecular weight excluding hydrogens is 278 g/mol. The van der Waals surface area contributed by atoms with Crippen LogP contribution >= 0.6 is 11.6 Å². The number of carboxylic acids is 1. The first-order valence-electron chi connectivity index (χ1n) is 6.05. The number of anilines is 1. The van der Waals surface area contributed by atoms with Crippen LogP contribution in [0.2, 0.25) is 5.02 Å². The van der Waals surface area contributed by atoms with Crippen molar-refractivity contribution in [2.75, 3.05) is 11.4 Å². The van der Waals surface area contributed by atoms with Crippen molar-refractivity contribution in [3.05, 3.63) is 53.1 Å². The molecule has 0 spiro atoms. The molecule has 2 aromatic rings. The molecule has 20 heavy (non-hydrogen) atoms. The Kier molecular flexibility index (Phi) is 4.53. The Balaban J connectivity index is 2.26. The highest BCUT2D eigenvalue weighted by Crippen LogP contribution is 2.20. The summed E-state index contributed by atoms with van der Waals surface area (Å²) in [7, 11) is 0. The molecule has 1 heterocycles. The van der Waals surface area contributed by atoms with Crippen molar-refractivity contribution in [2.45, 2.75) is 13.5 Å². The maximum atomic E-state index is 11.0. The lowest BCUT2D eigenvalue weighted by Gasteiger charge is -2.22. The number of carbonyl (C=O) groups is 1. The van der Waals surface area contributed by atoms with E-state index >= 15 is 0 Å². The highest BCUT2D eigenvalue weighted by atomic mass is 35.5. The Labute approximate surface area is 121 Å². The Bertz CT molecular complexity index is 619. The van der Waals surface area contributed by atoms with E-state index in [4.69, 9.17) is 16.7 Å². The number of aromatic nitrogens is 2. The molecule has 0 aliphatic carbocycles. The van der Waals surface area contributed by atoms with E-state index in [1.807, 2.05) is 6.07 Å². The van der Waals surface area contributed by atoms with Gasteiger partial charge in [0.15, 0.2) is 0 Å². The second-order valence-corrected chi connectivity index (χ2v) is 4.76. The number of aliphatic carboxylic acids is 1. The fraction of sp³-hybridized carbons (Fsp3) is 0.214. The maximum absolute atomic E-state index is 11.0. The monoisotopic (exact) mass is 291 g/mol. The number of halogens is 1. The third-order valence-corrected chi connectivity index (χ3v) is 2.92. The van der Waals surface area contributed by atoms with Crippen molar-refractivity contribution in [1.29, 1.82) is 0 Å². The second kappa shape index (κ2) is 6.34. The molecule has 0 atom stereocenters. The molecule has 2 rings (SSSR count). The van der Waals surface area contributed by atoms with Gasteiger partial charge < -0.3 is 10.0 Å². The topological polar surface area (TPSA) is 66.3 Å². The van der Waals surface area contributed by atoms with Gasteiger partial charge in [0.25, 0.3) is 0 Å². The molecule has 0 aliphatic heterocycles. The Morgan fingerprint density at radius 3 is 2.85 bits per heavy atom. The Morgan fingerprint density at radius 1 is 1.40 bits per heavy atom. The number of rotatable bonds is 5. The minimum atomic E-state index is -0.907. The van der Waals surface area contributed by atoms with Gasteiger partial charge in [-0.2, -0.15) is 0 Å². The van der Waals surface area contributed by atoms with Crippen molar-refractivity contribution in [3.63, 3.8) is 0 Å². The molecule has 6 heteroatoms. The summed E-state index contributed by atoms with van der Waals surface area (Å²) in [5.41, 5.74) is 1.51. The lowest BCUT2D eigenvalue weighted by molar-refractivity contribution is -0.135. The first-order chi connectivity index (χ1) is 9.54. The van der Waals surface area contributed by atoms with E-state index in [0.717, 1.165) is 11.4 Å². The molecule has 1 aromatic heterocycles. The summed E-state index contributed by atoms with van der Waals surface area (Å²) in [5, 5.41) is 9.61. The maximum Gasteiger partial charge on any atom is 0.323 e. The van der Waals surface area contributed by atoms with Crippen LogP contribution < -0.4 is 4.90 Å². The molecule has 1 N–H and O–H groups in total. The zero-order valence-corrected chi connectivity index (χ0v) is 11.7. The molecule has 0 saturated heterocycles. The van der Waals surface area contributed by atoms with Gasteiger partial charge in [-0.25, -0.2) is 9.97 Å². The van der Waals surface area contributed by atoms with Crippen molar-refractivity contribution >= 4 is 23.3 Å². The third-order valence-electron chi connectivity index (χ3n) is 2.69. The van der Waals surface area contributed by atoms with Gasteiger partial charge in [-0.3, -0.25) is 4.79 Å². The van der Waals surface area contributed by atoms with Gasteiger partial charge in [0.05, 0.1) is 12.2 Å². The zero-order chi connectivity index (χ0) is 14.5. The Morgan fingerprint density at radius 2 is 2.20 bits per heavy atom.